The van der Waals surface area contributed by atoms with Crippen molar-refractivity contribution in [1.29, 1.82) is 0 Å². The third-order valence-electron chi connectivity index (χ3n) is 5.51. The highest BCUT2D eigenvalue weighted by Gasteiger charge is 2.31. The van der Waals surface area contributed by atoms with Gasteiger partial charge in [0.1, 0.15) is 23.2 Å². The summed E-state index contributed by atoms with van der Waals surface area (Å²) in [4.78, 5) is 34.8. The second kappa shape index (κ2) is 7.69. The summed E-state index contributed by atoms with van der Waals surface area (Å²) in [5.41, 5.74) is 2.63. The number of H-pyrrole nitrogens is 1. The van der Waals surface area contributed by atoms with Gasteiger partial charge in [0.25, 0.3) is 0 Å². The number of fused-ring (bicyclic) bond motifs is 3. The van der Waals surface area contributed by atoms with E-state index in [-0.39, 0.29) is 16.7 Å². The number of para-hydroxylation sites is 1. The van der Waals surface area contributed by atoms with Crippen molar-refractivity contribution in [2.45, 2.75) is 13.0 Å². The van der Waals surface area contributed by atoms with Crippen molar-refractivity contribution in [2.75, 3.05) is 17.3 Å². The average Bonchev–Trinajstić information content (AvgIpc) is 3.23. The molecule has 160 valence electrons. The van der Waals surface area contributed by atoms with Gasteiger partial charge in [-0.2, -0.15) is 0 Å². The number of ether oxygens (including phenoxy) is 1. The number of aromatic amines is 1. The van der Waals surface area contributed by atoms with Gasteiger partial charge < -0.3 is 19.9 Å². The maximum absolute atomic E-state index is 13.4. The van der Waals surface area contributed by atoms with Crippen molar-refractivity contribution >= 4 is 45.7 Å². The van der Waals surface area contributed by atoms with Crippen molar-refractivity contribution in [3.05, 3.63) is 77.1 Å². The van der Waals surface area contributed by atoms with Crippen LogP contribution in [0.2, 0.25) is 5.02 Å². The number of carbonyl (C=O) groups excluding carboxylic acids is 2. The first-order valence-corrected chi connectivity index (χ1v) is 10.4. The summed E-state index contributed by atoms with van der Waals surface area (Å²) in [7, 11) is 1.70. The summed E-state index contributed by atoms with van der Waals surface area (Å²) >= 11 is 6.47. The number of likely N-dealkylation sites (N-methyl/N-ethyl adjacent to an activating group) is 1. The highest BCUT2D eigenvalue weighted by atomic mass is 35.5. The van der Waals surface area contributed by atoms with E-state index in [1.165, 1.54) is 0 Å². The van der Waals surface area contributed by atoms with Gasteiger partial charge in [-0.15, -0.1) is 0 Å². The Kier molecular flexibility index (Phi) is 4.83. The van der Waals surface area contributed by atoms with E-state index in [0.717, 1.165) is 0 Å². The zero-order valence-corrected chi connectivity index (χ0v) is 18.1. The molecule has 7 nitrogen and oxygen atoms in total. The van der Waals surface area contributed by atoms with Gasteiger partial charge in [0.15, 0.2) is 5.78 Å². The number of aromatic nitrogens is 2. The van der Waals surface area contributed by atoms with Crippen LogP contribution < -0.4 is 15.0 Å². The van der Waals surface area contributed by atoms with Crippen molar-refractivity contribution in [3.8, 4) is 11.5 Å². The van der Waals surface area contributed by atoms with Gasteiger partial charge in [-0.05, 0) is 31.2 Å². The molecule has 1 aliphatic heterocycles. The van der Waals surface area contributed by atoms with Crippen molar-refractivity contribution in [2.24, 2.45) is 0 Å². The quantitative estimate of drug-likeness (QED) is 0.430. The van der Waals surface area contributed by atoms with E-state index in [0.29, 0.717) is 45.0 Å². The van der Waals surface area contributed by atoms with Crippen molar-refractivity contribution in [1.82, 2.24) is 9.97 Å². The van der Waals surface area contributed by atoms with Crippen LogP contribution in [0.1, 0.15) is 22.8 Å². The van der Waals surface area contributed by atoms with Crippen LogP contribution in [0.25, 0.3) is 11.0 Å². The number of pyridine rings is 1. The maximum Gasteiger partial charge on any atom is 0.249 e. The van der Waals surface area contributed by atoms with Gasteiger partial charge in [-0.25, -0.2) is 4.98 Å². The van der Waals surface area contributed by atoms with Crippen molar-refractivity contribution < 1.29 is 14.3 Å². The monoisotopic (exact) mass is 446 g/mol. The summed E-state index contributed by atoms with van der Waals surface area (Å²) in [5, 5.41) is 4.12. The molecule has 0 unspecified atom stereocenters. The molecular weight excluding hydrogens is 428 g/mol. The lowest BCUT2D eigenvalue weighted by molar-refractivity contribution is -0.118. The zero-order chi connectivity index (χ0) is 22.4. The Bertz CT molecular complexity index is 1370. The van der Waals surface area contributed by atoms with Gasteiger partial charge >= 0.3 is 0 Å². The largest absolute Gasteiger partial charge is 0.457 e. The topological polar surface area (TPSA) is 87.3 Å². The van der Waals surface area contributed by atoms with Gasteiger partial charge in [-0.1, -0.05) is 29.8 Å². The van der Waals surface area contributed by atoms with Crippen LogP contribution in [-0.4, -0.2) is 34.7 Å². The maximum atomic E-state index is 13.4. The molecule has 0 aliphatic carbocycles. The van der Waals surface area contributed by atoms with Crippen LogP contribution in [0.4, 0.5) is 11.4 Å². The first-order valence-electron chi connectivity index (χ1n) is 10.1. The molecule has 2 N–H and O–H groups in total. The van der Waals surface area contributed by atoms with Crippen LogP contribution >= 0.6 is 11.6 Å². The first-order chi connectivity index (χ1) is 15.4. The molecule has 0 radical (unpaired) electrons. The molecule has 1 amide bonds. The number of halogens is 1. The predicted octanol–water partition coefficient (Wildman–Crippen LogP) is 5.02. The second-order valence-electron chi connectivity index (χ2n) is 7.59. The molecule has 0 spiro atoms. The number of carbonyl (C=O) groups is 2. The minimum Gasteiger partial charge on any atom is -0.457 e. The van der Waals surface area contributed by atoms with E-state index in [9.17, 15) is 9.59 Å². The minimum atomic E-state index is -0.422. The molecule has 3 heterocycles. The Morgan fingerprint density at radius 1 is 1.12 bits per heavy atom. The first kappa shape index (κ1) is 20.1. The lowest BCUT2D eigenvalue weighted by Crippen LogP contribution is -2.43. The summed E-state index contributed by atoms with van der Waals surface area (Å²) in [6.07, 6.45) is 3.23. The molecule has 4 aromatic rings. The molecule has 0 saturated heterocycles. The van der Waals surface area contributed by atoms with Gasteiger partial charge in [0, 0.05) is 24.9 Å². The molecule has 0 fully saturated rings. The van der Waals surface area contributed by atoms with Crippen LogP contribution in [0.15, 0.2) is 60.9 Å². The molecule has 5 rings (SSSR count). The molecule has 2 aromatic carbocycles. The van der Waals surface area contributed by atoms with E-state index in [1.54, 1.807) is 49.5 Å². The summed E-state index contributed by atoms with van der Waals surface area (Å²) < 4.78 is 5.80. The van der Waals surface area contributed by atoms with E-state index in [4.69, 9.17) is 16.3 Å². The number of hydrogen-bond acceptors (Lipinski definition) is 5. The molecule has 0 bridgehead atoms. The Morgan fingerprint density at radius 3 is 2.66 bits per heavy atom. The Balaban J connectivity index is 1.54. The highest BCUT2D eigenvalue weighted by molar-refractivity contribution is 6.36. The number of amides is 1. The third-order valence-corrected chi connectivity index (χ3v) is 5.83. The number of nitrogens with one attached hydrogen (secondary N) is 2. The molecule has 1 aliphatic rings. The number of rotatable bonds is 4. The molecule has 32 heavy (non-hydrogen) atoms. The Labute approximate surface area is 189 Å². The number of hydrogen-bond donors (Lipinski definition) is 2. The standard InChI is InChI=1S/C24H19ClN4O3/c1-13-24(31)29(2)19-12-27-23-20(21(19)28-13)17(11-26-23)22(30)16-9-8-15(10-18(16)25)32-14-6-4-3-5-7-14/h3-13,28H,1-2H3,(H,26,27)/t13-/m0/s1. The summed E-state index contributed by atoms with van der Waals surface area (Å²) in [6, 6.07) is 13.9. The van der Waals surface area contributed by atoms with Gasteiger partial charge in [0.05, 0.1) is 33.5 Å². The lowest BCUT2D eigenvalue weighted by Gasteiger charge is -2.31. The lowest BCUT2D eigenvalue weighted by atomic mass is 10.0. The van der Waals surface area contributed by atoms with Crippen LogP contribution in [0.3, 0.4) is 0 Å². The second-order valence-corrected chi connectivity index (χ2v) is 8.00. The third kappa shape index (κ3) is 3.27. The average molecular weight is 447 g/mol. The molecule has 1 atom stereocenters. The number of nitrogens with zero attached hydrogens (tertiary/aromatic N) is 2. The Morgan fingerprint density at radius 2 is 1.91 bits per heavy atom. The molecule has 8 heteroatoms. The van der Waals surface area contributed by atoms with E-state index < -0.39 is 6.04 Å². The van der Waals surface area contributed by atoms with Crippen LogP contribution in [-0.2, 0) is 4.79 Å². The van der Waals surface area contributed by atoms with Gasteiger partial charge in [-0.3, -0.25) is 9.59 Å². The summed E-state index contributed by atoms with van der Waals surface area (Å²) in [6.45, 7) is 1.78. The number of ketones is 1. The Hall–Kier alpha value is -3.84. The fourth-order valence-electron chi connectivity index (χ4n) is 3.87. The predicted molar refractivity (Wildman–Crippen MR) is 124 cm³/mol. The fourth-order valence-corrected chi connectivity index (χ4v) is 4.12. The van der Waals surface area contributed by atoms with E-state index in [2.05, 4.69) is 15.3 Å². The minimum absolute atomic E-state index is 0.0703. The molecular formula is C24H19ClN4O3. The number of anilines is 2. The SMILES string of the molecule is C[C@@H]1Nc2c(cnc3[nH]cc(C(=O)c4ccc(Oc5ccccc5)cc4Cl)c23)N(C)C1=O. The normalized spacial score (nSPS) is 15.4. The molecule has 0 saturated carbocycles. The van der Waals surface area contributed by atoms with E-state index >= 15 is 0 Å². The van der Waals surface area contributed by atoms with Crippen molar-refractivity contribution in [3.63, 3.8) is 0 Å². The van der Waals surface area contributed by atoms with Crippen LogP contribution in [0.5, 0.6) is 11.5 Å². The van der Waals surface area contributed by atoms with Gasteiger partial charge in [0.2, 0.25) is 5.91 Å². The van der Waals surface area contributed by atoms with E-state index in [1.807, 2.05) is 30.3 Å². The number of benzene rings is 2. The highest BCUT2D eigenvalue weighted by Crippen LogP contribution is 2.39. The fraction of sp³-hybridized carbons (Fsp3) is 0.125. The van der Waals surface area contributed by atoms with Crippen LogP contribution in [0, 0.1) is 0 Å². The molecule has 2 aromatic heterocycles. The zero-order valence-electron chi connectivity index (χ0n) is 17.3. The smallest absolute Gasteiger partial charge is 0.249 e. The summed E-state index contributed by atoms with van der Waals surface area (Å²) in [5.74, 6) is 0.887.